The van der Waals surface area contributed by atoms with Gasteiger partial charge in [-0.2, -0.15) is 4.31 Å². The lowest BCUT2D eigenvalue weighted by atomic mass is 10.1. The summed E-state index contributed by atoms with van der Waals surface area (Å²) in [5, 5.41) is 7.21. The summed E-state index contributed by atoms with van der Waals surface area (Å²) in [5.74, 6) is 1.77. The van der Waals surface area contributed by atoms with Crippen LogP contribution in [0.3, 0.4) is 0 Å². The van der Waals surface area contributed by atoms with Gasteiger partial charge in [-0.25, -0.2) is 8.42 Å². The molecule has 1 N–H and O–H groups in total. The zero-order valence-corrected chi connectivity index (χ0v) is 16.2. The fourth-order valence-corrected chi connectivity index (χ4v) is 5.43. The van der Waals surface area contributed by atoms with Crippen molar-refractivity contribution in [2.45, 2.75) is 37.6 Å². The third-order valence-electron chi connectivity index (χ3n) is 4.86. The van der Waals surface area contributed by atoms with Crippen LogP contribution in [0.5, 0.6) is 11.5 Å². The van der Waals surface area contributed by atoms with Crippen molar-refractivity contribution in [3.63, 3.8) is 0 Å². The lowest BCUT2D eigenvalue weighted by Gasteiger charge is -2.33. The third-order valence-corrected chi connectivity index (χ3v) is 6.97. The molecule has 0 radical (unpaired) electrons. The maximum atomic E-state index is 13.0. The average molecular weight is 393 g/mol. The topological polar surface area (TPSA) is 93.9 Å². The van der Waals surface area contributed by atoms with E-state index in [9.17, 15) is 8.42 Å². The molecule has 8 nitrogen and oxygen atoms in total. The van der Waals surface area contributed by atoms with Crippen LogP contribution in [0.25, 0.3) is 0 Å². The number of anilines is 1. The molecule has 2 aromatic rings. The van der Waals surface area contributed by atoms with Gasteiger partial charge in [-0.05, 0) is 38.8 Å². The molecule has 1 unspecified atom stereocenters. The van der Waals surface area contributed by atoms with Gasteiger partial charge in [0.25, 0.3) is 0 Å². The van der Waals surface area contributed by atoms with Gasteiger partial charge < -0.3 is 19.3 Å². The number of aryl methyl sites for hydroxylation is 2. The Labute approximate surface area is 158 Å². The predicted molar refractivity (Wildman–Crippen MR) is 98.8 cm³/mol. The monoisotopic (exact) mass is 393 g/mol. The van der Waals surface area contributed by atoms with E-state index >= 15 is 0 Å². The number of hydrogen-bond acceptors (Lipinski definition) is 7. The zero-order valence-electron chi connectivity index (χ0n) is 15.4. The van der Waals surface area contributed by atoms with Crippen molar-refractivity contribution < 1.29 is 22.4 Å². The molecule has 0 amide bonds. The van der Waals surface area contributed by atoms with Gasteiger partial charge in [0, 0.05) is 30.9 Å². The summed E-state index contributed by atoms with van der Waals surface area (Å²) >= 11 is 0. The first-order chi connectivity index (χ1) is 12.9. The van der Waals surface area contributed by atoms with Crippen LogP contribution in [0, 0.1) is 13.8 Å². The van der Waals surface area contributed by atoms with Crippen molar-refractivity contribution in [2.75, 3.05) is 31.6 Å². The highest BCUT2D eigenvalue weighted by atomic mass is 32.2. The molecule has 1 atom stereocenters. The smallest absolute Gasteiger partial charge is 0.248 e. The largest absolute Gasteiger partial charge is 0.486 e. The molecule has 2 aliphatic heterocycles. The molecule has 1 aromatic heterocycles. The van der Waals surface area contributed by atoms with Crippen molar-refractivity contribution in [1.29, 1.82) is 0 Å². The second-order valence-electron chi connectivity index (χ2n) is 6.86. The first-order valence-electron chi connectivity index (χ1n) is 9.04. The number of fused-ring (bicyclic) bond motifs is 1. The number of sulfonamides is 1. The molecule has 0 aliphatic carbocycles. The van der Waals surface area contributed by atoms with E-state index in [2.05, 4.69) is 10.5 Å². The number of rotatable bonds is 4. The molecule has 0 bridgehead atoms. The lowest BCUT2D eigenvalue weighted by molar-refractivity contribution is 0.171. The van der Waals surface area contributed by atoms with Gasteiger partial charge in [0.15, 0.2) is 17.3 Å². The van der Waals surface area contributed by atoms with Gasteiger partial charge in [0.05, 0.1) is 0 Å². The Kier molecular flexibility index (Phi) is 4.73. The first kappa shape index (κ1) is 18.1. The fraction of sp³-hybridized carbons (Fsp3) is 0.500. The maximum Gasteiger partial charge on any atom is 0.248 e. The normalized spacial score (nSPS) is 20.4. The third kappa shape index (κ3) is 3.49. The number of aromatic nitrogens is 1. The molecule has 0 saturated carbocycles. The minimum absolute atomic E-state index is 0.0107. The summed E-state index contributed by atoms with van der Waals surface area (Å²) in [6, 6.07) is 5.71. The van der Waals surface area contributed by atoms with Crippen molar-refractivity contribution in [3.8, 4) is 11.5 Å². The Morgan fingerprint density at radius 2 is 1.96 bits per heavy atom. The Balaban J connectivity index is 1.50. The van der Waals surface area contributed by atoms with E-state index in [1.807, 2.05) is 18.2 Å². The summed E-state index contributed by atoms with van der Waals surface area (Å²) in [6.45, 7) is 5.24. The number of nitrogens with zero attached hydrogens (tertiary/aromatic N) is 2. The highest BCUT2D eigenvalue weighted by Crippen LogP contribution is 2.33. The van der Waals surface area contributed by atoms with Gasteiger partial charge in [-0.1, -0.05) is 5.16 Å². The van der Waals surface area contributed by atoms with Crippen LogP contribution >= 0.6 is 0 Å². The zero-order chi connectivity index (χ0) is 19.0. The average Bonchev–Trinajstić information content (AvgIpc) is 3.01. The van der Waals surface area contributed by atoms with E-state index in [-0.39, 0.29) is 10.9 Å². The molecule has 1 saturated heterocycles. The highest BCUT2D eigenvalue weighted by molar-refractivity contribution is 7.89. The van der Waals surface area contributed by atoms with E-state index in [4.69, 9.17) is 14.0 Å². The Hall–Kier alpha value is -2.26. The van der Waals surface area contributed by atoms with Crippen LogP contribution in [0.15, 0.2) is 27.6 Å². The molecule has 27 heavy (non-hydrogen) atoms. The number of piperidine rings is 1. The Morgan fingerprint density at radius 1 is 1.19 bits per heavy atom. The molecule has 1 aromatic carbocycles. The van der Waals surface area contributed by atoms with Gasteiger partial charge in [-0.15, -0.1) is 0 Å². The molecule has 0 spiro atoms. The predicted octanol–water partition coefficient (Wildman–Crippen LogP) is 2.33. The van der Waals surface area contributed by atoms with Crippen LogP contribution in [0.1, 0.15) is 24.3 Å². The molecule has 2 aliphatic rings. The Morgan fingerprint density at radius 3 is 2.70 bits per heavy atom. The second kappa shape index (κ2) is 7.05. The number of ether oxygens (including phenoxy) is 2. The van der Waals surface area contributed by atoms with E-state index < -0.39 is 10.0 Å². The summed E-state index contributed by atoms with van der Waals surface area (Å²) in [4.78, 5) is 0.183. The van der Waals surface area contributed by atoms with E-state index in [1.165, 1.54) is 4.31 Å². The van der Waals surface area contributed by atoms with Gasteiger partial charge in [0.2, 0.25) is 10.0 Å². The van der Waals surface area contributed by atoms with E-state index in [0.29, 0.717) is 43.5 Å². The summed E-state index contributed by atoms with van der Waals surface area (Å²) in [6.07, 6.45) is 1.67. The van der Waals surface area contributed by atoms with Gasteiger partial charge >= 0.3 is 0 Å². The molecule has 1 fully saturated rings. The van der Waals surface area contributed by atoms with Crippen molar-refractivity contribution in [2.24, 2.45) is 0 Å². The minimum atomic E-state index is -3.63. The molecular weight excluding hydrogens is 370 g/mol. The van der Waals surface area contributed by atoms with Crippen molar-refractivity contribution >= 4 is 15.7 Å². The van der Waals surface area contributed by atoms with Crippen LogP contribution in [-0.4, -0.2) is 50.2 Å². The van der Waals surface area contributed by atoms with Crippen LogP contribution < -0.4 is 14.8 Å². The highest BCUT2D eigenvalue weighted by Gasteiger charge is 2.34. The first-order valence-corrected chi connectivity index (χ1v) is 10.5. The molecule has 4 rings (SSSR count). The molecule has 3 heterocycles. The minimum Gasteiger partial charge on any atom is -0.486 e. The summed E-state index contributed by atoms with van der Waals surface area (Å²) in [5.41, 5.74) is 1.29. The number of nitrogens with one attached hydrogen (secondary N) is 1. The molecule has 9 heteroatoms. The van der Waals surface area contributed by atoms with Crippen LogP contribution in [0.2, 0.25) is 0 Å². The van der Waals surface area contributed by atoms with Crippen molar-refractivity contribution in [3.05, 3.63) is 29.7 Å². The lowest BCUT2D eigenvalue weighted by Crippen LogP contribution is -2.45. The summed E-state index contributed by atoms with van der Waals surface area (Å²) in [7, 11) is -3.63. The Bertz CT molecular complexity index is 921. The van der Waals surface area contributed by atoms with E-state index in [0.717, 1.165) is 24.3 Å². The second-order valence-corrected chi connectivity index (χ2v) is 8.73. The van der Waals surface area contributed by atoms with Crippen LogP contribution in [-0.2, 0) is 10.0 Å². The summed E-state index contributed by atoms with van der Waals surface area (Å²) < 4.78 is 43.8. The quantitative estimate of drug-likeness (QED) is 0.852. The SMILES string of the molecule is Cc1noc(C)c1S(=O)(=O)N1CCCC(Nc2ccc3c(c2)OCCO3)C1. The molecule has 146 valence electrons. The van der Waals surface area contributed by atoms with Gasteiger partial charge in [-0.3, -0.25) is 0 Å². The van der Waals surface area contributed by atoms with Crippen molar-refractivity contribution in [1.82, 2.24) is 9.46 Å². The maximum absolute atomic E-state index is 13.0. The number of benzene rings is 1. The molecular formula is C18H23N3O5S. The van der Waals surface area contributed by atoms with Crippen LogP contribution in [0.4, 0.5) is 5.69 Å². The standard InChI is InChI=1S/C18H23N3O5S/c1-12-18(13(2)26-20-12)27(22,23)21-7-3-4-15(11-21)19-14-5-6-16-17(10-14)25-9-8-24-16/h5-6,10,15,19H,3-4,7-9,11H2,1-2H3. The van der Waals surface area contributed by atoms with Gasteiger partial charge in [0.1, 0.15) is 23.8 Å². The van der Waals surface area contributed by atoms with E-state index in [1.54, 1.807) is 13.8 Å². The fourth-order valence-electron chi connectivity index (χ4n) is 3.62. The number of hydrogen-bond donors (Lipinski definition) is 1.